The number of hydrogen-bond acceptors (Lipinski definition) is 2. The Bertz CT molecular complexity index is 662. The molecule has 1 atom stereocenters. The van der Waals surface area contributed by atoms with Gasteiger partial charge in [-0.05, 0) is 30.4 Å². The van der Waals surface area contributed by atoms with Crippen LogP contribution in [0.4, 0.5) is 0 Å². The molecule has 2 aromatic rings. The zero-order valence-electron chi connectivity index (χ0n) is 11.8. The lowest BCUT2D eigenvalue weighted by atomic mass is 10.2. The van der Waals surface area contributed by atoms with Crippen LogP contribution in [0.5, 0.6) is 0 Å². The van der Waals surface area contributed by atoms with Gasteiger partial charge in [-0.3, -0.25) is 9.59 Å². The molecule has 1 aromatic heterocycles. The van der Waals surface area contributed by atoms with E-state index in [4.69, 9.17) is 0 Å². The van der Waals surface area contributed by atoms with E-state index in [1.165, 1.54) is 10.9 Å². The zero-order valence-corrected chi connectivity index (χ0v) is 11.8. The van der Waals surface area contributed by atoms with Gasteiger partial charge in [0.15, 0.2) is 0 Å². The van der Waals surface area contributed by atoms with Gasteiger partial charge in [-0.1, -0.05) is 18.2 Å². The van der Waals surface area contributed by atoms with Crippen molar-refractivity contribution in [2.24, 2.45) is 0 Å². The van der Waals surface area contributed by atoms with Crippen molar-refractivity contribution < 1.29 is 9.59 Å². The number of carbonyl (C=O) groups is 2. The first-order valence-electron chi connectivity index (χ1n) is 7.35. The second-order valence-corrected chi connectivity index (χ2v) is 5.37. The van der Waals surface area contributed by atoms with E-state index in [1.54, 1.807) is 0 Å². The summed E-state index contributed by atoms with van der Waals surface area (Å²) in [5.41, 5.74) is 1.21. The smallest absolute Gasteiger partial charge is 0.242 e. The summed E-state index contributed by atoms with van der Waals surface area (Å²) in [6, 6.07) is 10.0. The third-order valence-corrected chi connectivity index (χ3v) is 3.87. The third kappa shape index (κ3) is 3.07. The molecule has 21 heavy (non-hydrogen) atoms. The second kappa shape index (κ2) is 5.99. The minimum absolute atomic E-state index is 0.0334. The van der Waals surface area contributed by atoms with Gasteiger partial charge in [-0.15, -0.1) is 0 Å². The molecule has 0 saturated carbocycles. The number of carbonyl (C=O) groups excluding carboxylic acids is 2. The van der Waals surface area contributed by atoms with Crippen LogP contribution >= 0.6 is 0 Å². The molecule has 1 aliphatic rings. The summed E-state index contributed by atoms with van der Waals surface area (Å²) in [6.45, 7) is 1.49. The molecule has 0 bridgehead atoms. The van der Waals surface area contributed by atoms with Crippen molar-refractivity contribution in [2.45, 2.75) is 31.8 Å². The molecule has 2 N–H and O–H groups in total. The van der Waals surface area contributed by atoms with Gasteiger partial charge in [0, 0.05) is 31.2 Å². The average Bonchev–Trinajstić information content (AvgIpc) is 3.10. The van der Waals surface area contributed by atoms with E-state index in [0.29, 0.717) is 19.4 Å². The molecule has 1 fully saturated rings. The summed E-state index contributed by atoms with van der Waals surface area (Å²) < 4.78 is 2.19. The van der Waals surface area contributed by atoms with Gasteiger partial charge >= 0.3 is 0 Å². The molecular weight excluding hydrogens is 266 g/mol. The van der Waals surface area contributed by atoms with Crippen LogP contribution in [0.1, 0.15) is 19.3 Å². The van der Waals surface area contributed by atoms with Crippen molar-refractivity contribution >= 4 is 22.7 Å². The molecule has 5 nitrogen and oxygen atoms in total. The summed E-state index contributed by atoms with van der Waals surface area (Å²) >= 11 is 0. The molecule has 110 valence electrons. The lowest BCUT2D eigenvalue weighted by Gasteiger charge is -2.11. The van der Waals surface area contributed by atoms with E-state index in [2.05, 4.69) is 39.6 Å². The van der Waals surface area contributed by atoms with Crippen LogP contribution in [-0.2, 0) is 16.1 Å². The van der Waals surface area contributed by atoms with Crippen LogP contribution in [0.2, 0.25) is 0 Å². The summed E-state index contributed by atoms with van der Waals surface area (Å²) in [5, 5.41) is 6.80. The highest BCUT2D eigenvalue weighted by Gasteiger charge is 2.26. The predicted octanol–water partition coefficient (Wildman–Crippen LogP) is 1.43. The molecule has 1 unspecified atom stereocenters. The minimum Gasteiger partial charge on any atom is -0.354 e. The lowest BCUT2D eigenvalue weighted by molar-refractivity contribution is -0.125. The quantitative estimate of drug-likeness (QED) is 0.816. The van der Waals surface area contributed by atoms with Gasteiger partial charge in [-0.25, -0.2) is 0 Å². The van der Waals surface area contributed by atoms with Crippen molar-refractivity contribution in [3.8, 4) is 0 Å². The monoisotopic (exact) mass is 285 g/mol. The van der Waals surface area contributed by atoms with E-state index in [9.17, 15) is 9.59 Å². The largest absolute Gasteiger partial charge is 0.354 e. The Labute approximate surface area is 123 Å². The molecule has 1 saturated heterocycles. The molecule has 1 aliphatic heterocycles. The van der Waals surface area contributed by atoms with Crippen molar-refractivity contribution in [3.05, 3.63) is 36.5 Å². The first kappa shape index (κ1) is 13.7. The number of amides is 2. The van der Waals surface area contributed by atoms with Gasteiger partial charge in [0.2, 0.25) is 11.8 Å². The normalized spacial score (nSPS) is 17.9. The summed E-state index contributed by atoms with van der Waals surface area (Å²) in [5.74, 6) is -0.104. The molecule has 2 amide bonds. The van der Waals surface area contributed by atoms with Gasteiger partial charge in [0.1, 0.15) is 6.04 Å². The highest BCUT2D eigenvalue weighted by atomic mass is 16.2. The van der Waals surface area contributed by atoms with Crippen LogP contribution in [-0.4, -0.2) is 29.0 Å². The fraction of sp³-hybridized carbons (Fsp3) is 0.375. The Morgan fingerprint density at radius 2 is 2.19 bits per heavy atom. The van der Waals surface area contributed by atoms with E-state index >= 15 is 0 Å². The molecule has 0 aliphatic carbocycles. The standard InChI is InChI=1S/C16H19N3O2/c20-15-7-6-13(18-15)16(21)17-9-3-10-19-11-8-12-4-1-2-5-14(12)19/h1-2,4-5,8,11,13H,3,6-7,9-10H2,(H,17,21)(H,18,20). The fourth-order valence-corrected chi connectivity index (χ4v) is 2.73. The number of aryl methyl sites for hydroxylation is 1. The Hall–Kier alpha value is -2.30. The van der Waals surface area contributed by atoms with Gasteiger partial charge < -0.3 is 15.2 Å². The van der Waals surface area contributed by atoms with Crippen LogP contribution in [0.25, 0.3) is 10.9 Å². The summed E-state index contributed by atoms with van der Waals surface area (Å²) in [4.78, 5) is 22.9. The van der Waals surface area contributed by atoms with Crippen LogP contribution in [0.15, 0.2) is 36.5 Å². The van der Waals surface area contributed by atoms with E-state index in [1.807, 2.05) is 12.1 Å². The molecule has 5 heteroatoms. The Balaban J connectivity index is 1.46. The van der Waals surface area contributed by atoms with Crippen LogP contribution < -0.4 is 10.6 Å². The predicted molar refractivity (Wildman–Crippen MR) is 80.7 cm³/mol. The number of fused-ring (bicyclic) bond motifs is 1. The summed E-state index contributed by atoms with van der Waals surface area (Å²) in [6.07, 6.45) is 4.00. The maximum absolute atomic E-state index is 11.8. The molecule has 1 aromatic carbocycles. The zero-order chi connectivity index (χ0) is 14.7. The number of hydrogen-bond donors (Lipinski definition) is 2. The van der Waals surface area contributed by atoms with E-state index < -0.39 is 0 Å². The fourth-order valence-electron chi connectivity index (χ4n) is 2.73. The van der Waals surface area contributed by atoms with Crippen molar-refractivity contribution in [1.82, 2.24) is 15.2 Å². The molecular formula is C16H19N3O2. The highest BCUT2D eigenvalue weighted by Crippen LogP contribution is 2.15. The Kier molecular flexibility index (Phi) is 3.90. The summed E-state index contributed by atoms with van der Waals surface area (Å²) in [7, 11) is 0. The third-order valence-electron chi connectivity index (χ3n) is 3.87. The number of aromatic nitrogens is 1. The lowest BCUT2D eigenvalue weighted by Crippen LogP contribution is -2.42. The van der Waals surface area contributed by atoms with E-state index in [0.717, 1.165) is 13.0 Å². The highest BCUT2D eigenvalue weighted by molar-refractivity contribution is 5.90. The Morgan fingerprint density at radius 3 is 3.00 bits per heavy atom. The van der Waals surface area contributed by atoms with Gasteiger partial charge in [-0.2, -0.15) is 0 Å². The van der Waals surface area contributed by atoms with E-state index in [-0.39, 0.29) is 17.9 Å². The van der Waals surface area contributed by atoms with Gasteiger partial charge in [0.05, 0.1) is 0 Å². The number of rotatable bonds is 5. The van der Waals surface area contributed by atoms with Crippen molar-refractivity contribution in [2.75, 3.05) is 6.54 Å². The second-order valence-electron chi connectivity index (χ2n) is 5.37. The molecule has 0 spiro atoms. The number of para-hydroxylation sites is 1. The molecule has 0 radical (unpaired) electrons. The van der Waals surface area contributed by atoms with Crippen LogP contribution in [0.3, 0.4) is 0 Å². The maximum atomic E-state index is 11.8. The van der Waals surface area contributed by atoms with Crippen molar-refractivity contribution in [3.63, 3.8) is 0 Å². The molecule has 3 rings (SSSR count). The average molecular weight is 285 g/mol. The minimum atomic E-state index is -0.343. The van der Waals surface area contributed by atoms with Gasteiger partial charge in [0.25, 0.3) is 0 Å². The maximum Gasteiger partial charge on any atom is 0.242 e. The SMILES string of the molecule is O=C1CCC(C(=O)NCCCn2ccc3ccccc32)N1. The molecule has 2 heterocycles. The first-order valence-corrected chi connectivity index (χ1v) is 7.35. The Morgan fingerprint density at radius 1 is 1.33 bits per heavy atom. The first-order chi connectivity index (χ1) is 10.2. The number of benzene rings is 1. The number of nitrogens with zero attached hydrogens (tertiary/aromatic N) is 1. The van der Waals surface area contributed by atoms with Crippen molar-refractivity contribution in [1.29, 1.82) is 0 Å². The number of nitrogens with one attached hydrogen (secondary N) is 2. The topological polar surface area (TPSA) is 63.1 Å². The van der Waals surface area contributed by atoms with Crippen LogP contribution in [0, 0.1) is 0 Å².